The molecular weight excluding hydrogens is 298 g/mol. The van der Waals surface area contributed by atoms with Crippen molar-refractivity contribution in [3.05, 3.63) is 40.1 Å². The molecule has 0 atom stereocenters. The Morgan fingerprint density at radius 2 is 2.09 bits per heavy atom. The topological polar surface area (TPSA) is 46.8 Å². The molecule has 2 heterocycles. The van der Waals surface area contributed by atoms with E-state index in [0.717, 1.165) is 42.9 Å². The van der Waals surface area contributed by atoms with Gasteiger partial charge in [-0.25, -0.2) is 4.79 Å². The number of likely N-dealkylation sites (tertiary alicyclic amines) is 1. The molecule has 116 valence electrons. The lowest BCUT2D eigenvalue weighted by Gasteiger charge is -2.11. The Morgan fingerprint density at radius 3 is 2.77 bits per heavy atom. The molecule has 2 amide bonds. The van der Waals surface area contributed by atoms with Gasteiger partial charge in [-0.1, -0.05) is 0 Å². The highest BCUT2D eigenvalue weighted by Gasteiger charge is 2.17. The Balaban J connectivity index is 1.94. The highest BCUT2D eigenvalue weighted by Crippen LogP contribution is 2.20. The van der Waals surface area contributed by atoms with E-state index < -0.39 is 0 Å². The Labute approximate surface area is 133 Å². The molecule has 6 heteroatoms. The van der Waals surface area contributed by atoms with Crippen molar-refractivity contribution in [1.82, 2.24) is 9.47 Å². The fourth-order valence-electron chi connectivity index (χ4n) is 2.62. The number of rotatable bonds is 2. The van der Waals surface area contributed by atoms with Gasteiger partial charge in [0.2, 0.25) is 0 Å². The number of hydrogen-bond donors (Lipinski definition) is 0. The highest BCUT2D eigenvalue weighted by atomic mass is 32.1. The van der Waals surface area contributed by atoms with Crippen molar-refractivity contribution >= 4 is 17.4 Å². The van der Waals surface area contributed by atoms with Crippen LogP contribution in [0.2, 0.25) is 0 Å². The Bertz CT molecular complexity index is 742. The standard InChI is InChI=1S/C16H19N3O2S/c1-12-11-13(5-6-14(12)21-2)19-9-10-22-16(19)17-15(20)18-7-3-4-8-18/h5-6,9-11H,3-4,7-8H2,1-2H3/b17-16-. The van der Waals surface area contributed by atoms with Crippen molar-refractivity contribution in [3.8, 4) is 11.4 Å². The lowest BCUT2D eigenvalue weighted by atomic mass is 10.2. The van der Waals surface area contributed by atoms with Crippen LogP contribution in [0.1, 0.15) is 18.4 Å². The molecule has 0 unspecified atom stereocenters. The molecule has 22 heavy (non-hydrogen) atoms. The van der Waals surface area contributed by atoms with E-state index in [0.29, 0.717) is 4.80 Å². The first-order valence-corrected chi connectivity index (χ1v) is 8.22. The maximum atomic E-state index is 12.2. The number of benzene rings is 1. The first-order valence-electron chi connectivity index (χ1n) is 7.34. The molecule has 1 aliphatic rings. The normalized spacial score (nSPS) is 15.4. The molecule has 1 fully saturated rings. The van der Waals surface area contributed by atoms with Gasteiger partial charge in [-0.15, -0.1) is 11.3 Å². The zero-order chi connectivity index (χ0) is 15.5. The summed E-state index contributed by atoms with van der Waals surface area (Å²) in [5.74, 6) is 0.853. The first-order chi connectivity index (χ1) is 10.7. The summed E-state index contributed by atoms with van der Waals surface area (Å²) in [5, 5.41) is 1.94. The van der Waals surface area contributed by atoms with Crippen molar-refractivity contribution < 1.29 is 9.53 Å². The highest BCUT2D eigenvalue weighted by molar-refractivity contribution is 7.07. The molecule has 0 radical (unpaired) electrons. The van der Waals surface area contributed by atoms with Gasteiger partial charge in [0, 0.05) is 30.4 Å². The van der Waals surface area contributed by atoms with Crippen LogP contribution in [-0.2, 0) is 0 Å². The largest absolute Gasteiger partial charge is 0.496 e. The van der Waals surface area contributed by atoms with Crippen LogP contribution < -0.4 is 9.54 Å². The number of nitrogens with zero attached hydrogens (tertiary/aromatic N) is 3. The molecule has 0 saturated carbocycles. The third kappa shape index (κ3) is 2.92. The minimum Gasteiger partial charge on any atom is -0.496 e. The van der Waals surface area contributed by atoms with E-state index in [9.17, 15) is 4.79 Å². The van der Waals surface area contributed by atoms with Gasteiger partial charge in [0.1, 0.15) is 5.75 Å². The van der Waals surface area contributed by atoms with Crippen LogP contribution in [-0.4, -0.2) is 35.7 Å². The molecule has 2 aromatic rings. The molecule has 5 nitrogen and oxygen atoms in total. The second-order valence-electron chi connectivity index (χ2n) is 5.30. The summed E-state index contributed by atoms with van der Waals surface area (Å²) < 4.78 is 7.22. The second kappa shape index (κ2) is 6.36. The molecular formula is C16H19N3O2S. The third-order valence-corrected chi connectivity index (χ3v) is 4.57. The van der Waals surface area contributed by atoms with E-state index in [1.807, 2.05) is 46.2 Å². The number of aryl methyl sites for hydroxylation is 1. The fourth-order valence-corrected chi connectivity index (χ4v) is 3.34. The average Bonchev–Trinajstić information content (AvgIpc) is 3.18. The monoisotopic (exact) mass is 317 g/mol. The predicted octanol–water partition coefficient (Wildman–Crippen LogP) is 2.97. The van der Waals surface area contributed by atoms with Crippen molar-refractivity contribution in [2.45, 2.75) is 19.8 Å². The van der Waals surface area contributed by atoms with Crippen molar-refractivity contribution in [1.29, 1.82) is 0 Å². The summed E-state index contributed by atoms with van der Waals surface area (Å²) in [5.41, 5.74) is 2.03. The summed E-state index contributed by atoms with van der Waals surface area (Å²) in [4.78, 5) is 19.0. The van der Waals surface area contributed by atoms with Gasteiger partial charge in [-0.05, 0) is 43.5 Å². The van der Waals surface area contributed by atoms with Crippen LogP contribution in [0.15, 0.2) is 34.8 Å². The van der Waals surface area contributed by atoms with E-state index >= 15 is 0 Å². The third-order valence-electron chi connectivity index (χ3n) is 3.81. The Hall–Kier alpha value is -2.08. The first kappa shape index (κ1) is 14.8. The summed E-state index contributed by atoms with van der Waals surface area (Å²) in [7, 11) is 1.66. The molecule has 1 aromatic heterocycles. The summed E-state index contributed by atoms with van der Waals surface area (Å²) in [6, 6.07) is 5.79. The van der Waals surface area contributed by atoms with Gasteiger partial charge in [-0.2, -0.15) is 4.99 Å². The number of carbonyl (C=O) groups is 1. The molecule has 0 bridgehead atoms. The number of methoxy groups -OCH3 is 1. The van der Waals surface area contributed by atoms with Gasteiger partial charge in [0.05, 0.1) is 7.11 Å². The SMILES string of the molecule is COc1ccc(-n2ccs/c2=N\C(=O)N2CCCC2)cc1C. The summed E-state index contributed by atoms with van der Waals surface area (Å²) in [6.45, 7) is 3.63. The summed E-state index contributed by atoms with van der Waals surface area (Å²) >= 11 is 1.46. The number of aromatic nitrogens is 1. The van der Waals surface area contributed by atoms with Gasteiger partial charge >= 0.3 is 6.03 Å². The lowest BCUT2D eigenvalue weighted by molar-refractivity contribution is 0.218. The number of ether oxygens (including phenoxy) is 1. The minimum atomic E-state index is -0.140. The zero-order valence-electron chi connectivity index (χ0n) is 12.8. The zero-order valence-corrected chi connectivity index (χ0v) is 13.6. The van der Waals surface area contributed by atoms with Crippen LogP contribution in [0.4, 0.5) is 4.79 Å². The Morgan fingerprint density at radius 1 is 1.32 bits per heavy atom. The molecule has 1 saturated heterocycles. The van der Waals surface area contributed by atoms with Gasteiger partial charge in [0.25, 0.3) is 0 Å². The molecule has 1 aliphatic heterocycles. The molecule has 3 rings (SSSR count). The Kier molecular flexibility index (Phi) is 4.29. The van der Waals surface area contributed by atoms with Crippen LogP contribution in [0.5, 0.6) is 5.75 Å². The van der Waals surface area contributed by atoms with Crippen molar-refractivity contribution in [3.63, 3.8) is 0 Å². The predicted molar refractivity (Wildman–Crippen MR) is 86.7 cm³/mol. The van der Waals surface area contributed by atoms with E-state index in [1.54, 1.807) is 7.11 Å². The number of thiazole rings is 1. The smallest absolute Gasteiger partial charge is 0.346 e. The number of urea groups is 1. The maximum Gasteiger partial charge on any atom is 0.346 e. The lowest BCUT2D eigenvalue weighted by Crippen LogP contribution is -2.27. The van der Waals surface area contributed by atoms with E-state index in [1.165, 1.54) is 11.3 Å². The molecule has 0 aliphatic carbocycles. The van der Waals surface area contributed by atoms with Crippen molar-refractivity contribution in [2.24, 2.45) is 4.99 Å². The van der Waals surface area contributed by atoms with E-state index in [-0.39, 0.29) is 6.03 Å². The van der Waals surface area contributed by atoms with Crippen LogP contribution in [0, 0.1) is 6.92 Å². The van der Waals surface area contributed by atoms with Gasteiger partial charge in [0.15, 0.2) is 4.80 Å². The molecule has 0 N–H and O–H groups in total. The van der Waals surface area contributed by atoms with Gasteiger partial charge < -0.3 is 9.64 Å². The van der Waals surface area contributed by atoms with E-state index in [4.69, 9.17) is 4.74 Å². The molecule has 0 spiro atoms. The van der Waals surface area contributed by atoms with Crippen molar-refractivity contribution in [2.75, 3.05) is 20.2 Å². The average molecular weight is 317 g/mol. The van der Waals surface area contributed by atoms with E-state index in [2.05, 4.69) is 4.99 Å². The van der Waals surface area contributed by atoms with Crippen LogP contribution in [0.25, 0.3) is 5.69 Å². The maximum absolute atomic E-state index is 12.2. The van der Waals surface area contributed by atoms with Crippen LogP contribution >= 0.6 is 11.3 Å². The van der Waals surface area contributed by atoms with Gasteiger partial charge in [-0.3, -0.25) is 4.57 Å². The fraction of sp³-hybridized carbons (Fsp3) is 0.375. The second-order valence-corrected chi connectivity index (χ2v) is 6.17. The number of carbonyl (C=O) groups excluding carboxylic acids is 1. The number of amides is 2. The van der Waals surface area contributed by atoms with Crippen LogP contribution in [0.3, 0.4) is 0 Å². The summed E-state index contributed by atoms with van der Waals surface area (Å²) in [6.07, 6.45) is 4.08. The molecule has 1 aromatic carbocycles. The minimum absolute atomic E-state index is 0.140. The number of hydrogen-bond acceptors (Lipinski definition) is 3. The quantitative estimate of drug-likeness (QED) is 0.855.